The number of β-lactam (4-membered cyclic amide) rings is 1. The molecule has 0 radical (unpaired) electrons. The predicted molar refractivity (Wildman–Crippen MR) is 124 cm³/mol. The van der Waals surface area contributed by atoms with Gasteiger partial charge in [-0.3, -0.25) is 14.5 Å². The maximum Gasteiger partial charge on any atom is 0.380 e. The summed E-state index contributed by atoms with van der Waals surface area (Å²) < 4.78 is 11.3. The molecule has 180 valence electrons. The number of nitrogens with zero attached hydrogens (tertiary/aromatic N) is 5. The zero-order chi connectivity index (χ0) is 24.7. The van der Waals surface area contributed by atoms with E-state index in [0.717, 1.165) is 16.9 Å². The van der Waals surface area contributed by atoms with E-state index in [1.54, 1.807) is 17.0 Å². The molecule has 1 unspecified atom stereocenters. The second-order valence-electron chi connectivity index (χ2n) is 7.51. The molecule has 0 saturated carbocycles. The number of anilines is 1. The Hall–Kier alpha value is -3.98. The van der Waals surface area contributed by atoms with Crippen LogP contribution in [0, 0.1) is 0 Å². The third-order valence-electron chi connectivity index (χ3n) is 5.43. The van der Waals surface area contributed by atoms with Crippen molar-refractivity contribution >= 4 is 63.0 Å². The number of aliphatic carboxylic acids is 1. The van der Waals surface area contributed by atoms with Gasteiger partial charge in [0.25, 0.3) is 11.8 Å². The highest BCUT2D eigenvalue weighted by molar-refractivity contribution is 8.00. The molecule has 2 atom stereocenters. The summed E-state index contributed by atoms with van der Waals surface area (Å²) in [6.07, 6.45) is 3.34. The van der Waals surface area contributed by atoms with E-state index in [1.807, 2.05) is 18.2 Å². The van der Waals surface area contributed by atoms with Crippen molar-refractivity contribution < 1.29 is 33.3 Å². The van der Waals surface area contributed by atoms with E-state index in [0.29, 0.717) is 17.0 Å². The number of carboxylic acid groups (broad SMARTS) is 1. The van der Waals surface area contributed by atoms with Gasteiger partial charge in [-0.05, 0) is 12.1 Å². The Balaban J connectivity index is 1.38. The highest BCUT2D eigenvalue weighted by Gasteiger charge is 2.55. The Morgan fingerprint density at radius 2 is 2.29 bits per heavy atom. The minimum atomic E-state index is -1.22. The van der Waals surface area contributed by atoms with Crippen LogP contribution < -0.4 is 15.6 Å². The Labute approximate surface area is 205 Å². The summed E-state index contributed by atoms with van der Waals surface area (Å²) in [6, 6.07) is 4.58. The van der Waals surface area contributed by atoms with E-state index in [9.17, 15) is 19.5 Å². The van der Waals surface area contributed by atoms with Crippen LogP contribution in [0.5, 0.6) is 0 Å². The lowest BCUT2D eigenvalue weighted by atomic mass is 10.0. The van der Waals surface area contributed by atoms with Gasteiger partial charge >= 0.3 is 11.7 Å². The van der Waals surface area contributed by atoms with E-state index in [4.69, 9.17) is 15.0 Å². The number of thioether (sulfide) groups is 1. The Morgan fingerprint density at radius 3 is 3.00 bits per heavy atom. The number of carbonyl (C=O) groups excluding carboxylic acids is 2. The Morgan fingerprint density at radius 1 is 1.46 bits per heavy atom. The van der Waals surface area contributed by atoms with E-state index in [2.05, 4.69) is 19.8 Å². The fourth-order valence-corrected chi connectivity index (χ4v) is 5.71. The number of nitrogen functional groups attached to an aromatic ring is 1. The molecule has 1 saturated heterocycles. The molecule has 3 aromatic rings. The molecule has 0 aromatic carbocycles. The molecule has 2 aliphatic heterocycles. The first kappa shape index (κ1) is 22.8. The number of nitrogens with one attached hydrogen (secondary N) is 1. The number of pyridine rings is 1. The lowest BCUT2D eigenvalue weighted by molar-refractivity contribution is -0.669. The lowest BCUT2D eigenvalue weighted by Crippen LogP contribution is -2.71. The summed E-state index contributed by atoms with van der Waals surface area (Å²) >= 11 is 2.23. The van der Waals surface area contributed by atoms with Crippen molar-refractivity contribution in [2.24, 2.45) is 5.16 Å². The van der Waals surface area contributed by atoms with Crippen LogP contribution in [0.25, 0.3) is 11.1 Å². The third-order valence-corrected chi connectivity index (χ3v) is 7.31. The Kier molecular flexibility index (Phi) is 5.86. The second kappa shape index (κ2) is 8.99. The quantitative estimate of drug-likeness (QED) is 0.167. The van der Waals surface area contributed by atoms with Gasteiger partial charge < -0.3 is 25.4 Å². The number of hydrogen-bond donors (Lipinski definition) is 3. The molecule has 5 heterocycles. The molecule has 13 nitrogen and oxygen atoms in total. The molecular formula is C20H18N7O6S2+. The maximum atomic E-state index is 13.0. The standard InChI is InChI=1S/C20H17N7O6S2/c1-32-24-11(14-23-20(21)35-25-14)15(28)22-12-16(29)27-13(19(30)31)10(8-34-18(12)27)7-26-5-2-3-9-4-6-33-17(9)26/h2-6,12,18H,7-8H2,1H3,(H3-,21,22,23,25,28,30,31)/p+1/t12?,18-/m1/s1. The van der Waals surface area contributed by atoms with Gasteiger partial charge in [-0.2, -0.15) is 13.9 Å². The van der Waals surface area contributed by atoms with Gasteiger partial charge in [0.1, 0.15) is 24.2 Å². The van der Waals surface area contributed by atoms with Crippen LogP contribution >= 0.6 is 23.3 Å². The zero-order valence-electron chi connectivity index (χ0n) is 18.1. The highest BCUT2D eigenvalue weighted by Crippen LogP contribution is 2.40. The van der Waals surface area contributed by atoms with Crippen molar-refractivity contribution in [1.82, 2.24) is 19.6 Å². The minimum Gasteiger partial charge on any atom is -0.477 e. The summed E-state index contributed by atoms with van der Waals surface area (Å²) in [7, 11) is 1.25. The van der Waals surface area contributed by atoms with Crippen LogP contribution in [0.2, 0.25) is 0 Å². The summed E-state index contributed by atoms with van der Waals surface area (Å²) in [5, 5.41) is 16.6. The molecule has 5 rings (SSSR count). The number of nitrogens with two attached hydrogens (primary N) is 1. The summed E-state index contributed by atoms with van der Waals surface area (Å²) in [5.74, 6) is -2.21. The van der Waals surface area contributed by atoms with Crippen molar-refractivity contribution in [3.8, 4) is 0 Å². The number of carbonyl (C=O) groups is 3. The summed E-state index contributed by atoms with van der Waals surface area (Å²) in [4.78, 5) is 47.8. The lowest BCUT2D eigenvalue weighted by Gasteiger charge is -2.49. The average Bonchev–Trinajstić information content (AvgIpc) is 3.49. The van der Waals surface area contributed by atoms with Gasteiger partial charge in [0, 0.05) is 28.9 Å². The number of rotatable bonds is 7. The van der Waals surface area contributed by atoms with Gasteiger partial charge in [0.15, 0.2) is 17.9 Å². The maximum absolute atomic E-state index is 13.0. The summed E-state index contributed by atoms with van der Waals surface area (Å²) in [5.41, 5.74) is 6.39. The van der Waals surface area contributed by atoms with Crippen LogP contribution in [0.1, 0.15) is 5.82 Å². The van der Waals surface area contributed by atoms with Crippen LogP contribution in [0.4, 0.5) is 5.13 Å². The van der Waals surface area contributed by atoms with Crippen LogP contribution in [-0.4, -0.2) is 67.1 Å². The monoisotopic (exact) mass is 516 g/mol. The summed E-state index contributed by atoms with van der Waals surface area (Å²) in [6.45, 7) is 0.231. The molecule has 2 aliphatic rings. The smallest absolute Gasteiger partial charge is 0.380 e. The predicted octanol–water partition coefficient (Wildman–Crippen LogP) is -0.0567. The van der Waals surface area contributed by atoms with Crippen LogP contribution in [0.15, 0.2) is 51.5 Å². The number of amides is 2. The number of furan rings is 1. The molecule has 35 heavy (non-hydrogen) atoms. The SMILES string of the molecule is CON=C(C(=O)NC1C(=O)N2C(C(=O)O)=C(C[n+]3cccc4ccoc43)CS[C@H]12)c1nsc(N)n1. The number of aromatic nitrogens is 3. The van der Waals surface area contributed by atoms with Crippen molar-refractivity contribution in [3.05, 3.63) is 47.8 Å². The van der Waals surface area contributed by atoms with Crippen LogP contribution in [-0.2, 0) is 25.8 Å². The fourth-order valence-electron chi connectivity index (χ4n) is 3.94. The van der Waals surface area contributed by atoms with Gasteiger partial charge in [0.05, 0.1) is 11.6 Å². The first-order chi connectivity index (χ1) is 16.9. The molecule has 4 N–H and O–H groups in total. The molecular weight excluding hydrogens is 498 g/mol. The molecule has 15 heteroatoms. The minimum absolute atomic E-state index is 0.0377. The Bertz CT molecular complexity index is 1410. The highest BCUT2D eigenvalue weighted by atomic mass is 32.2. The van der Waals surface area contributed by atoms with Crippen molar-refractivity contribution in [2.75, 3.05) is 18.6 Å². The number of carboxylic acids is 1. The first-order valence-electron chi connectivity index (χ1n) is 10.2. The van der Waals surface area contributed by atoms with E-state index in [1.165, 1.54) is 23.8 Å². The fraction of sp³-hybridized carbons (Fsp3) is 0.250. The molecule has 0 aliphatic carbocycles. The normalized spacial score (nSPS) is 20.0. The topological polar surface area (TPSA) is 177 Å². The van der Waals surface area contributed by atoms with Gasteiger partial charge in [0.2, 0.25) is 11.5 Å². The number of fused-ring (bicyclic) bond motifs is 2. The molecule has 2 amide bonds. The molecule has 3 aromatic heterocycles. The average molecular weight is 517 g/mol. The van der Waals surface area contributed by atoms with Gasteiger partial charge in [-0.25, -0.2) is 4.79 Å². The van der Waals surface area contributed by atoms with Crippen LogP contribution in [0.3, 0.4) is 0 Å². The van der Waals surface area contributed by atoms with Crippen molar-refractivity contribution in [3.63, 3.8) is 0 Å². The van der Waals surface area contributed by atoms with Crippen molar-refractivity contribution in [1.29, 1.82) is 0 Å². The van der Waals surface area contributed by atoms with E-state index in [-0.39, 0.29) is 28.9 Å². The second-order valence-corrected chi connectivity index (χ2v) is 9.40. The van der Waals surface area contributed by atoms with E-state index >= 15 is 0 Å². The number of hydrogen-bond acceptors (Lipinski definition) is 11. The zero-order valence-corrected chi connectivity index (χ0v) is 19.7. The largest absolute Gasteiger partial charge is 0.477 e. The van der Waals surface area contributed by atoms with Crippen molar-refractivity contribution in [2.45, 2.75) is 18.0 Å². The number of oxime groups is 1. The first-order valence-corrected chi connectivity index (χ1v) is 12.0. The van der Waals surface area contributed by atoms with Gasteiger partial charge in [-0.15, -0.1) is 11.8 Å². The van der Waals surface area contributed by atoms with Gasteiger partial charge in [-0.1, -0.05) is 5.16 Å². The third kappa shape index (κ3) is 3.97. The molecule has 0 spiro atoms. The molecule has 0 bridgehead atoms. The van der Waals surface area contributed by atoms with E-state index < -0.39 is 29.2 Å². The molecule has 1 fully saturated rings.